The van der Waals surface area contributed by atoms with Crippen LogP contribution < -0.4 is 5.32 Å². The van der Waals surface area contributed by atoms with Crippen molar-refractivity contribution >= 4 is 17.6 Å². The normalized spacial score (nSPS) is 10.3. The van der Waals surface area contributed by atoms with Crippen LogP contribution in [0.5, 0.6) is 0 Å². The molecular formula is C12H13N3O3. The lowest BCUT2D eigenvalue weighted by Gasteiger charge is -2.03. The summed E-state index contributed by atoms with van der Waals surface area (Å²) in [5.74, 6) is -1.30. The minimum absolute atomic E-state index is 0.122. The summed E-state index contributed by atoms with van der Waals surface area (Å²) in [6, 6.07) is 4.88. The van der Waals surface area contributed by atoms with E-state index in [0.29, 0.717) is 11.4 Å². The molecule has 0 saturated carbocycles. The third kappa shape index (κ3) is 2.13. The molecular weight excluding hydrogens is 234 g/mol. The van der Waals surface area contributed by atoms with E-state index in [4.69, 9.17) is 5.11 Å². The van der Waals surface area contributed by atoms with Gasteiger partial charge in [-0.3, -0.25) is 4.79 Å². The Hall–Kier alpha value is -2.50. The quantitative estimate of drug-likeness (QED) is 0.858. The van der Waals surface area contributed by atoms with Crippen molar-refractivity contribution in [2.24, 2.45) is 14.1 Å². The summed E-state index contributed by atoms with van der Waals surface area (Å²) < 4.78 is 3.14. The van der Waals surface area contributed by atoms with Crippen molar-refractivity contribution in [1.29, 1.82) is 0 Å². The second-order valence-electron chi connectivity index (χ2n) is 3.99. The molecule has 0 aliphatic rings. The highest BCUT2D eigenvalue weighted by atomic mass is 16.4. The maximum atomic E-state index is 11.9. The summed E-state index contributed by atoms with van der Waals surface area (Å²) >= 11 is 0. The average molecular weight is 247 g/mol. The van der Waals surface area contributed by atoms with Gasteiger partial charge in [-0.2, -0.15) is 0 Å². The van der Waals surface area contributed by atoms with E-state index in [1.165, 1.54) is 10.6 Å². The predicted octanol–water partition coefficient (Wildman–Crippen LogP) is 1.31. The molecule has 0 aliphatic carbocycles. The zero-order valence-electron chi connectivity index (χ0n) is 10.0. The van der Waals surface area contributed by atoms with Gasteiger partial charge in [0.2, 0.25) is 0 Å². The number of carbonyl (C=O) groups is 2. The molecule has 0 saturated heterocycles. The number of nitrogens with zero attached hydrogens (tertiary/aromatic N) is 2. The Balaban J connectivity index is 2.20. The van der Waals surface area contributed by atoms with Crippen LogP contribution in [0.15, 0.2) is 30.6 Å². The van der Waals surface area contributed by atoms with E-state index < -0.39 is 5.97 Å². The molecule has 2 rings (SSSR count). The number of rotatable bonds is 3. The van der Waals surface area contributed by atoms with Crippen LogP contribution in [0, 0.1) is 0 Å². The van der Waals surface area contributed by atoms with Gasteiger partial charge in [0.15, 0.2) is 0 Å². The van der Waals surface area contributed by atoms with Crippen molar-refractivity contribution in [3.05, 3.63) is 42.0 Å². The topological polar surface area (TPSA) is 76.3 Å². The molecule has 0 radical (unpaired) electrons. The van der Waals surface area contributed by atoms with Crippen LogP contribution in [0.2, 0.25) is 0 Å². The Morgan fingerprint density at radius 3 is 2.44 bits per heavy atom. The van der Waals surface area contributed by atoms with Gasteiger partial charge in [-0.15, -0.1) is 0 Å². The summed E-state index contributed by atoms with van der Waals surface area (Å²) in [6.07, 6.45) is 3.33. The minimum atomic E-state index is -1.03. The fourth-order valence-electron chi connectivity index (χ4n) is 1.74. The number of amides is 1. The van der Waals surface area contributed by atoms with E-state index in [9.17, 15) is 9.59 Å². The molecule has 0 aliphatic heterocycles. The Morgan fingerprint density at radius 1 is 1.22 bits per heavy atom. The maximum absolute atomic E-state index is 11.9. The highest BCUT2D eigenvalue weighted by molar-refractivity contribution is 6.03. The van der Waals surface area contributed by atoms with Gasteiger partial charge in [-0.05, 0) is 18.2 Å². The van der Waals surface area contributed by atoms with E-state index in [2.05, 4.69) is 5.32 Å². The zero-order chi connectivity index (χ0) is 13.3. The summed E-state index contributed by atoms with van der Waals surface area (Å²) in [5, 5.41) is 11.6. The van der Waals surface area contributed by atoms with Gasteiger partial charge in [-0.25, -0.2) is 4.79 Å². The largest absolute Gasteiger partial charge is 0.477 e. The van der Waals surface area contributed by atoms with Crippen LogP contribution in [-0.4, -0.2) is 26.1 Å². The highest BCUT2D eigenvalue weighted by Crippen LogP contribution is 2.14. The number of nitrogens with one attached hydrogen (secondary N) is 1. The average Bonchev–Trinajstić information content (AvgIpc) is 2.84. The van der Waals surface area contributed by atoms with Crippen LogP contribution in [0.1, 0.15) is 21.0 Å². The smallest absolute Gasteiger partial charge is 0.352 e. The molecule has 18 heavy (non-hydrogen) atoms. The lowest BCUT2D eigenvalue weighted by atomic mass is 10.3. The highest BCUT2D eigenvalue weighted by Gasteiger charge is 2.13. The third-order valence-electron chi connectivity index (χ3n) is 2.66. The number of anilines is 1. The summed E-state index contributed by atoms with van der Waals surface area (Å²) in [4.78, 5) is 22.8. The summed E-state index contributed by atoms with van der Waals surface area (Å²) in [6.45, 7) is 0. The van der Waals surface area contributed by atoms with Crippen LogP contribution in [0.4, 0.5) is 5.69 Å². The third-order valence-corrected chi connectivity index (χ3v) is 2.66. The second-order valence-corrected chi connectivity index (χ2v) is 3.99. The van der Waals surface area contributed by atoms with Crippen molar-refractivity contribution in [3.63, 3.8) is 0 Å². The van der Waals surface area contributed by atoms with Crippen molar-refractivity contribution in [1.82, 2.24) is 9.13 Å². The van der Waals surface area contributed by atoms with Crippen molar-refractivity contribution in [2.75, 3.05) is 5.32 Å². The summed E-state index contributed by atoms with van der Waals surface area (Å²) in [5.41, 5.74) is 1.09. The molecule has 0 aromatic carbocycles. The first kappa shape index (κ1) is 12.0. The molecule has 0 bridgehead atoms. The Labute approximate surface area is 103 Å². The van der Waals surface area contributed by atoms with Crippen LogP contribution in [0.3, 0.4) is 0 Å². The molecule has 6 nitrogen and oxygen atoms in total. The number of carboxylic acid groups (broad SMARTS) is 1. The molecule has 2 N–H and O–H groups in total. The molecule has 2 heterocycles. The number of carboxylic acids is 1. The van der Waals surface area contributed by atoms with Gasteiger partial charge in [0, 0.05) is 26.5 Å². The van der Waals surface area contributed by atoms with Gasteiger partial charge in [0.05, 0.1) is 5.69 Å². The number of carbonyl (C=O) groups excluding carboxylic acids is 1. The van der Waals surface area contributed by atoms with Gasteiger partial charge in [0.1, 0.15) is 11.4 Å². The predicted molar refractivity (Wildman–Crippen MR) is 65.7 cm³/mol. The molecule has 0 atom stereocenters. The number of aromatic carboxylic acids is 1. The zero-order valence-corrected chi connectivity index (χ0v) is 10.0. The van der Waals surface area contributed by atoms with E-state index in [0.717, 1.165) is 0 Å². The van der Waals surface area contributed by atoms with Gasteiger partial charge >= 0.3 is 5.97 Å². The SMILES string of the molecule is Cn1cc(NC(=O)c2cccn2C)cc1C(=O)O. The minimum Gasteiger partial charge on any atom is -0.477 e. The summed E-state index contributed by atoms with van der Waals surface area (Å²) in [7, 11) is 3.38. The van der Waals surface area contributed by atoms with Crippen LogP contribution in [-0.2, 0) is 14.1 Å². The second kappa shape index (κ2) is 4.40. The first-order valence-electron chi connectivity index (χ1n) is 5.31. The Bertz CT molecular complexity index is 610. The molecule has 2 aromatic rings. The molecule has 2 aromatic heterocycles. The van der Waals surface area contributed by atoms with Gasteiger partial charge < -0.3 is 19.6 Å². The van der Waals surface area contributed by atoms with E-state index in [1.807, 2.05) is 0 Å². The van der Waals surface area contributed by atoms with Gasteiger partial charge in [0.25, 0.3) is 5.91 Å². The molecule has 94 valence electrons. The van der Waals surface area contributed by atoms with Gasteiger partial charge in [-0.1, -0.05) is 0 Å². The molecule has 1 amide bonds. The lowest BCUT2D eigenvalue weighted by molar-refractivity contribution is 0.0686. The fourth-order valence-corrected chi connectivity index (χ4v) is 1.74. The maximum Gasteiger partial charge on any atom is 0.352 e. The van der Waals surface area contributed by atoms with Crippen molar-refractivity contribution < 1.29 is 14.7 Å². The van der Waals surface area contributed by atoms with Crippen LogP contribution in [0.25, 0.3) is 0 Å². The Kier molecular flexibility index (Phi) is 2.93. The monoisotopic (exact) mass is 247 g/mol. The van der Waals surface area contributed by atoms with E-state index in [-0.39, 0.29) is 11.6 Å². The molecule has 0 fully saturated rings. The first-order valence-corrected chi connectivity index (χ1v) is 5.31. The van der Waals surface area contributed by atoms with E-state index >= 15 is 0 Å². The van der Waals surface area contributed by atoms with Crippen molar-refractivity contribution in [2.45, 2.75) is 0 Å². The first-order chi connectivity index (χ1) is 8.49. The number of aromatic nitrogens is 2. The van der Waals surface area contributed by atoms with Crippen molar-refractivity contribution in [3.8, 4) is 0 Å². The number of hydrogen-bond acceptors (Lipinski definition) is 2. The van der Waals surface area contributed by atoms with E-state index in [1.54, 1.807) is 43.2 Å². The Morgan fingerprint density at radius 2 is 1.94 bits per heavy atom. The molecule has 6 heteroatoms. The van der Waals surface area contributed by atoms with Crippen LogP contribution >= 0.6 is 0 Å². The lowest BCUT2D eigenvalue weighted by Crippen LogP contribution is -2.14. The number of hydrogen-bond donors (Lipinski definition) is 2. The number of aryl methyl sites for hydroxylation is 2. The molecule has 0 spiro atoms. The standard InChI is InChI=1S/C12H13N3O3/c1-14-5-3-4-9(14)11(16)13-8-6-10(12(17)18)15(2)7-8/h3-7H,1-2H3,(H,13,16)(H,17,18). The molecule has 0 unspecified atom stereocenters. The fraction of sp³-hybridized carbons (Fsp3) is 0.167.